The lowest BCUT2D eigenvalue weighted by Crippen LogP contribution is -2.19. The molecule has 1 aromatic carbocycles. The molecule has 0 unspecified atom stereocenters. The molecule has 1 fully saturated rings. The smallest absolute Gasteiger partial charge is 0.126 e. The first kappa shape index (κ1) is 20.9. The molecular formula is C24H33NO3. The fourth-order valence-electron chi connectivity index (χ4n) is 4.44. The summed E-state index contributed by atoms with van der Waals surface area (Å²) in [7, 11) is 0. The van der Waals surface area contributed by atoms with Gasteiger partial charge in [-0.1, -0.05) is 37.3 Å². The Bertz CT molecular complexity index is 748. The summed E-state index contributed by atoms with van der Waals surface area (Å²) in [5, 5.41) is 21.0. The van der Waals surface area contributed by atoms with Crippen LogP contribution in [0.1, 0.15) is 56.6 Å². The standard InChI is InChI=1S/C24H33NO3/c1-3-4-8-16(2)20(26)13-12-18-21(27)15-22-23(18)19-11-7-10-17(24(19)28-22)9-5-6-14-25/h7,10-13,16,18,20-23,26-27H,5-6,8-9,14-15,25H2,1-2H3/t16-,18-,20+,21+,22-,23-/m0/s1. The Hall–Kier alpha value is -1.80. The lowest BCUT2D eigenvalue weighted by molar-refractivity contribution is 0.134. The first-order valence-corrected chi connectivity index (χ1v) is 10.5. The molecule has 1 heterocycles. The van der Waals surface area contributed by atoms with Gasteiger partial charge in [0.15, 0.2) is 0 Å². The number of aryl methyl sites for hydroxylation is 1. The van der Waals surface area contributed by atoms with Gasteiger partial charge in [0.25, 0.3) is 0 Å². The minimum Gasteiger partial charge on any atom is -0.489 e. The number of fused-ring (bicyclic) bond motifs is 3. The van der Waals surface area contributed by atoms with Crippen molar-refractivity contribution in [2.45, 2.75) is 70.2 Å². The van der Waals surface area contributed by atoms with Gasteiger partial charge in [-0.25, -0.2) is 0 Å². The van der Waals surface area contributed by atoms with Crippen LogP contribution in [-0.4, -0.2) is 35.1 Å². The lowest BCUT2D eigenvalue weighted by atomic mass is 9.86. The summed E-state index contributed by atoms with van der Waals surface area (Å²) in [5.41, 5.74) is 8.06. The molecule has 28 heavy (non-hydrogen) atoms. The summed E-state index contributed by atoms with van der Waals surface area (Å²) in [6.07, 6.45) is 7.17. The number of hydrogen-bond acceptors (Lipinski definition) is 4. The van der Waals surface area contributed by atoms with Crippen molar-refractivity contribution < 1.29 is 14.9 Å². The number of unbranched alkanes of at least 4 members (excludes halogenated alkanes) is 1. The maximum Gasteiger partial charge on any atom is 0.126 e. The highest BCUT2D eigenvalue weighted by Crippen LogP contribution is 2.52. The average Bonchev–Trinajstić information content (AvgIpc) is 3.19. The second-order valence-electron chi connectivity index (χ2n) is 8.13. The largest absolute Gasteiger partial charge is 0.489 e. The number of rotatable bonds is 8. The maximum atomic E-state index is 10.6. The second-order valence-corrected chi connectivity index (χ2v) is 8.13. The van der Waals surface area contributed by atoms with Crippen LogP contribution in [0.3, 0.4) is 0 Å². The van der Waals surface area contributed by atoms with E-state index in [2.05, 4.69) is 30.0 Å². The van der Waals surface area contributed by atoms with E-state index in [0.29, 0.717) is 19.4 Å². The number of para-hydroxylation sites is 1. The third kappa shape index (κ3) is 4.43. The van der Waals surface area contributed by atoms with Crippen LogP contribution in [0.25, 0.3) is 0 Å². The monoisotopic (exact) mass is 383 g/mol. The van der Waals surface area contributed by atoms with Crippen LogP contribution < -0.4 is 10.5 Å². The molecule has 4 heteroatoms. The van der Waals surface area contributed by atoms with E-state index < -0.39 is 12.2 Å². The van der Waals surface area contributed by atoms with Crippen molar-refractivity contribution in [3.63, 3.8) is 0 Å². The maximum absolute atomic E-state index is 10.6. The Morgan fingerprint density at radius 3 is 2.93 bits per heavy atom. The molecule has 1 aliphatic carbocycles. The molecule has 0 spiro atoms. The third-order valence-corrected chi connectivity index (χ3v) is 6.10. The average molecular weight is 384 g/mol. The van der Waals surface area contributed by atoms with Gasteiger partial charge in [-0.2, -0.15) is 0 Å². The molecule has 0 amide bonds. The highest BCUT2D eigenvalue weighted by molar-refractivity contribution is 5.49. The molecule has 1 saturated carbocycles. The molecule has 0 bridgehead atoms. The summed E-state index contributed by atoms with van der Waals surface area (Å²) >= 11 is 0. The van der Waals surface area contributed by atoms with Crippen LogP contribution in [0, 0.1) is 23.7 Å². The number of benzene rings is 1. The molecule has 2 aliphatic rings. The molecule has 4 N–H and O–H groups in total. The van der Waals surface area contributed by atoms with E-state index in [9.17, 15) is 10.2 Å². The van der Waals surface area contributed by atoms with Crippen molar-refractivity contribution in [1.82, 2.24) is 0 Å². The van der Waals surface area contributed by atoms with Crippen molar-refractivity contribution in [1.29, 1.82) is 0 Å². The quantitative estimate of drug-likeness (QED) is 0.366. The Morgan fingerprint density at radius 2 is 2.18 bits per heavy atom. The van der Waals surface area contributed by atoms with Crippen LogP contribution in [0.4, 0.5) is 0 Å². The van der Waals surface area contributed by atoms with Gasteiger partial charge in [0.05, 0.1) is 12.2 Å². The van der Waals surface area contributed by atoms with Gasteiger partial charge in [-0.15, -0.1) is 11.8 Å². The Morgan fingerprint density at radius 1 is 1.36 bits per heavy atom. The van der Waals surface area contributed by atoms with Crippen molar-refractivity contribution >= 4 is 0 Å². The van der Waals surface area contributed by atoms with E-state index in [1.165, 1.54) is 11.1 Å². The first-order valence-electron chi connectivity index (χ1n) is 10.5. The van der Waals surface area contributed by atoms with Gasteiger partial charge >= 0.3 is 0 Å². The first-order chi connectivity index (χ1) is 13.6. The molecule has 1 aliphatic heterocycles. The number of aliphatic hydroxyl groups is 2. The lowest BCUT2D eigenvalue weighted by Gasteiger charge is -2.19. The van der Waals surface area contributed by atoms with E-state index in [-0.39, 0.29) is 23.9 Å². The molecular weight excluding hydrogens is 350 g/mol. The topological polar surface area (TPSA) is 75.7 Å². The van der Waals surface area contributed by atoms with Gasteiger partial charge < -0.3 is 20.7 Å². The van der Waals surface area contributed by atoms with E-state index in [1.54, 1.807) is 0 Å². The fraction of sp³-hybridized carbons (Fsp3) is 0.583. The van der Waals surface area contributed by atoms with Crippen molar-refractivity contribution in [3.8, 4) is 17.6 Å². The van der Waals surface area contributed by atoms with Crippen LogP contribution in [-0.2, 0) is 6.42 Å². The zero-order valence-electron chi connectivity index (χ0n) is 17.0. The number of ether oxygens (including phenoxy) is 1. The molecule has 0 saturated heterocycles. The van der Waals surface area contributed by atoms with Gasteiger partial charge in [0.1, 0.15) is 11.9 Å². The summed E-state index contributed by atoms with van der Waals surface area (Å²) in [5.74, 6) is 7.08. The van der Waals surface area contributed by atoms with Crippen molar-refractivity contribution in [2.24, 2.45) is 17.6 Å². The van der Waals surface area contributed by atoms with Crippen molar-refractivity contribution in [2.75, 3.05) is 6.54 Å². The minimum absolute atomic E-state index is 0.0100. The number of aliphatic hydroxyl groups excluding tert-OH is 2. The van der Waals surface area contributed by atoms with Crippen molar-refractivity contribution in [3.05, 3.63) is 41.5 Å². The molecule has 4 nitrogen and oxygen atoms in total. The van der Waals surface area contributed by atoms with Crippen LogP contribution in [0.15, 0.2) is 30.4 Å². The van der Waals surface area contributed by atoms with Gasteiger partial charge in [0, 0.05) is 30.2 Å². The third-order valence-electron chi connectivity index (χ3n) is 6.10. The summed E-state index contributed by atoms with van der Waals surface area (Å²) in [4.78, 5) is 0. The second kappa shape index (κ2) is 9.60. The normalized spacial score (nSPS) is 27.6. The van der Waals surface area contributed by atoms with Crippen LogP contribution in [0.5, 0.6) is 5.75 Å². The zero-order valence-corrected chi connectivity index (χ0v) is 17.0. The summed E-state index contributed by atoms with van der Waals surface area (Å²) in [6.45, 7) is 4.52. The summed E-state index contributed by atoms with van der Waals surface area (Å²) < 4.78 is 6.29. The predicted molar refractivity (Wildman–Crippen MR) is 112 cm³/mol. The van der Waals surface area contributed by atoms with Gasteiger partial charge in [-0.05, 0) is 44.2 Å². The Labute approximate surface area is 168 Å². The summed E-state index contributed by atoms with van der Waals surface area (Å²) in [6, 6.07) is 6.35. The number of nitrogens with two attached hydrogens (primary N) is 1. The molecule has 1 aromatic rings. The molecule has 3 rings (SSSR count). The Balaban J connectivity index is 1.75. The zero-order chi connectivity index (χ0) is 20.1. The molecule has 0 radical (unpaired) electrons. The van der Waals surface area contributed by atoms with E-state index >= 15 is 0 Å². The van der Waals surface area contributed by atoms with E-state index in [4.69, 9.17) is 10.5 Å². The van der Waals surface area contributed by atoms with Gasteiger partial charge in [0.2, 0.25) is 0 Å². The van der Waals surface area contributed by atoms with Crippen LogP contribution in [0.2, 0.25) is 0 Å². The van der Waals surface area contributed by atoms with Gasteiger partial charge in [-0.3, -0.25) is 0 Å². The highest BCUT2D eigenvalue weighted by Gasteiger charge is 2.48. The SMILES string of the molecule is CC#CC[C@H](C)[C@H](O)C=C[C@@H]1[C@H]2c3cccc(CCCCN)c3O[C@H]2C[C@H]1O. The highest BCUT2D eigenvalue weighted by atomic mass is 16.5. The van der Waals surface area contributed by atoms with E-state index in [0.717, 1.165) is 25.0 Å². The molecule has 6 atom stereocenters. The predicted octanol–water partition coefficient (Wildman–Crippen LogP) is 3.16. The molecule has 152 valence electrons. The van der Waals surface area contributed by atoms with E-state index in [1.807, 2.05) is 26.0 Å². The molecule has 0 aromatic heterocycles. The fourth-order valence-corrected chi connectivity index (χ4v) is 4.44. The minimum atomic E-state index is -0.559. The number of hydrogen-bond donors (Lipinski definition) is 3. The Kier molecular flexibility index (Phi) is 7.18. The van der Waals surface area contributed by atoms with Crippen LogP contribution >= 0.6 is 0 Å².